The standard InChI is InChI=1S/C19H27N3O4/c1-18(2,3)26-17(23)22-16(13-25-19(22,4)5)15(11-20)21(24)12-14-9-7-6-8-10-14/h6-10,15-16,24H,12-13H2,1-5H3/t15-,16+/m1/s1. The number of ether oxygens (including phenoxy) is 2. The van der Waals surface area contributed by atoms with Crippen LogP contribution in [0.2, 0.25) is 0 Å². The van der Waals surface area contributed by atoms with E-state index < -0.39 is 29.5 Å². The van der Waals surface area contributed by atoms with Gasteiger partial charge < -0.3 is 14.7 Å². The maximum Gasteiger partial charge on any atom is 0.412 e. The molecule has 2 atom stereocenters. The summed E-state index contributed by atoms with van der Waals surface area (Å²) in [6, 6.07) is 9.81. The summed E-state index contributed by atoms with van der Waals surface area (Å²) in [5, 5.41) is 21.1. The van der Waals surface area contributed by atoms with Gasteiger partial charge in [0.25, 0.3) is 0 Å². The molecule has 0 aromatic heterocycles. The Kier molecular flexibility index (Phi) is 5.91. The SMILES string of the molecule is CC(C)(C)OC(=O)N1[C@H]([C@@H](C#N)N(O)Cc2ccccc2)COC1(C)C. The minimum absolute atomic E-state index is 0.135. The van der Waals surface area contributed by atoms with Crippen molar-refractivity contribution < 1.29 is 19.5 Å². The van der Waals surface area contributed by atoms with E-state index >= 15 is 0 Å². The second-order valence-corrected chi connectivity index (χ2v) is 7.83. The van der Waals surface area contributed by atoms with Crippen LogP contribution in [0.3, 0.4) is 0 Å². The molecule has 0 spiro atoms. The van der Waals surface area contributed by atoms with Crippen LogP contribution in [0, 0.1) is 11.3 Å². The first-order chi connectivity index (χ1) is 12.0. The molecule has 1 aromatic carbocycles. The summed E-state index contributed by atoms with van der Waals surface area (Å²) in [7, 11) is 0. The normalized spacial score (nSPS) is 20.7. The summed E-state index contributed by atoms with van der Waals surface area (Å²) in [5.74, 6) is 0. The Morgan fingerprint density at radius 1 is 1.46 bits per heavy atom. The van der Waals surface area contributed by atoms with Gasteiger partial charge in [-0.15, -0.1) is 0 Å². The second-order valence-electron chi connectivity index (χ2n) is 7.83. The van der Waals surface area contributed by atoms with E-state index in [0.29, 0.717) is 0 Å². The molecule has 2 rings (SSSR count). The molecule has 1 amide bonds. The molecule has 1 heterocycles. The first-order valence-electron chi connectivity index (χ1n) is 8.60. The molecule has 1 fully saturated rings. The number of rotatable bonds is 4. The van der Waals surface area contributed by atoms with E-state index in [9.17, 15) is 15.3 Å². The van der Waals surface area contributed by atoms with Crippen molar-refractivity contribution in [3.63, 3.8) is 0 Å². The number of carbonyl (C=O) groups is 1. The van der Waals surface area contributed by atoms with Crippen LogP contribution in [0.25, 0.3) is 0 Å². The number of amides is 1. The van der Waals surface area contributed by atoms with Crippen molar-refractivity contribution >= 4 is 6.09 Å². The summed E-state index contributed by atoms with van der Waals surface area (Å²) < 4.78 is 11.2. The lowest BCUT2D eigenvalue weighted by molar-refractivity contribution is -0.136. The van der Waals surface area contributed by atoms with E-state index in [4.69, 9.17) is 9.47 Å². The van der Waals surface area contributed by atoms with Gasteiger partial charge in [0.2, 0.25) is 0 Å². The average molecular weight is 361 g/mol. The van der Waals surface area contributed by atoms with E-state index in [1.165, 1.54) is 4.90 Å². The highest BCUT2D eigenvalue weighted by Crippen LogP contribution is 2.32. The molecular weight excluding hydrogens is 334 g/mol. The molecule has 142 valence electrons. The van der Waals surface area contributed by atoms with E-state index in [-0.39, 0.29) is 13.2 Å². The smallest absolute Gasteiger partial charge is 0.412 e. The van der Waals surface area contributed by atoms with Crippen LogP contribution in [0.15, 0.2) is 30.3 Å². The average Bonchev–Trinajstić information content (AvgIpc) is 2.82. The van der Waals surface area contributed by atoms with Gasteiger partial charge >= 0.3 is 6.09 Å². The molecule has 0 saturated carbocycles. The summed E-state index contributed by atoms with van der Waals surface area (Å²) in [4.78, 5) is 14.1. The number of carbonyl (C=O) groups excluding carboxylic acids is 1. The third kappa shape index (κ3) is 4.73. The Hall–Kier alpha value is -2.14. The lowest BCUT2D eigenvalue weighted by atomic mass is 10.1. The summed E-state index contributed by atoms with van der Waals surface area (Å²) >= 11 is 0. The Morgan fingerprint density at radius 2 is 2.08 bits per heavy atom. The molecule has 1 aliphatic rings. The molecule has 1 N–H and O–H groups in total. The number of hydroxylamine groups is 2. The van der Waals surface area contributed by atoms with Crippen molar-refractivity contribution in [3.05, 3.63) is 35.9 Å². The zero-order valence-corrected chi connectivity index (χ0v) is 16.0. The summed E-state index contributed by atoms with van der Waals surface area (Å²) in [6.45, 7) is 9.11. The van der Waals surface area contributed by atoms with Crippen molar-refractivity contribution in [2.45, 2.75) is 64.6 Å². The second kappa shape index (κ2) is 7.62. The zero-order chi connectivity index (χ0) is 19.5. The Labute approximate surface area is 154 Å². The zero-order valence-electron chi connectivity index (χ0n) is 16.0. The van der Waals surface area contributed by atoms with Gasteiger partial charge in [-0.3, -0.25) is 4.90 Å². The van der Waals surface area contributed by atoms with Crippen LogP contribution >= 0.6 is 0 Å². The van der Waals surface area contributed by atoms with Crippen LogP contribution in [0.5, 0.6) is 0 Å². The molecule has 0 radical (unpaired) electrons. The molecule has 7 heteroatoms. The summed E-state index contributed by atoms with van der Waals surface area (Å²) in [6.07, 6.45) is -0.571. The monoisotopic (exact) mass is 361 g/mol. The van der Waals surface area contributed by atoms with Crippen LogP contribution in [0.4, 0.5) is 4.79 Å². The number of nitrogens with zero attached hydrogens (tertiary/aromatic N) is 3. The van der Waals surface area contributed by atoms with Crippen LogP contribution in [-0.2, 0) is 16.0 Å². The van der Waals surface area contributed by atoms with Crippen molar-refractivity contribution in [1.82, 2.24) is 9.96 Å². The quantitative estimate of drug-likeness (QED) is 0.829. The minimum atomic E-state index is -0.954. The van der Waals surface area contributed by atoms with Crippen molar-refractivity contribution in [3.8, 4) is 6.07 Å². The largest absolute Gasteiger partial charge is 0.444 e. The molecule has 0 bridgehead atoms. The fraction of sp³-hybridized carbons (Fsp3) is 0.579. The maximum atomic E-state index is 12.7. The van der Waals surface area contributed by atoms with Gasteiger partial charge in [-0.2, -0.15) is 10.3 Å². The Balaban J connectivity index is 2.21. The van der Waals surface area contributed by atoms with Crippen LogP contribution < -0.4 is 0 Å². The molecule has 7 nitrogen and oxygen atoms in total. The molecule has 1 aromatic rings. The first-order valence-corrected chi connectivity index (χ1v) is 8.60. The van der Waals surface area contributed by atoms with Crippen molar-refractivity contribution in [2.24, 2.45) is 0 Å². The maximum absolute atomic E-state index is 12.7. The Morgan fingerprint density at radius 3 is 2.62 bits per heavy atom. The molecule has 0 unspecified atom stereocenters. The molecule has 26 heavy (non-hydrogen) atoms. The highest BCUT2D eigenvalue weighted by molar-refractivity contribution is 5.70. The fourth-order valence-electron chi connectivity index (χ4n) is 2.95. The minimum Gasteiger partial charge on any atom is -0.444 e. The van der Waals surface area contributed by atoms with Gasteiger partial charge in [-0.1, -0.05) is 30.3 Å². The van der Waals surface area contributed by atoms with E-state index in [0.717, 1.165) is 10.6 Å². The highest BCUT2D eigenvalue weighted by atomic mass is 16.6. The third-order valence-electron chi connectivity index (χ3n) is 4.11. The Bertz CT molecular complexity index is 664. The van der Waals surface area contributed by atoms with Crippen molar-refractivity contribution in [2.75, 3.05) is 6.61 Å². The lowest BCUT2D eigenvalue weighted by Crippen LogP contribution is -2.56. The number of hydrogen-bond acceptors (Lipinski definition) is 6. The van der Waals surface area contributed by atoms with Gasteiger partial charge in [-0.05, 0) is 40.2 Å². The molecule has 1 saturated heterocycles. The lowest BCUT2D eigenvalue weighted by Gasteiger charge is -2.37. The van der Waals surface area contributed by atoms with Gasteiger partial charge in [0.1, 0.15) is 17.4 Å². The van der Waals surface area contributed by atoms with Crippen LogP contribution in [-0.4, -0.2) is 51.3 Å². The fourth-order valence-corrected chi connectivity index (χ4v) is 2.95. The predicted octanol–water partition coefficient (Wildman–Crippen LogP) is 3.14. The van der Waals surface area contributed by atoms with E-state index in [1.807, 2.05) is 30.3 Å². The van der Waals surface area contributed by atoms with Crippen LogP contribution in [0.1, 0.15) is 40.2 Å². The van der Waals surface area contributed by atoms with Gasteiger partial charge in [0.05, 0.1) is 25.3 Å². The number of benzene rings is 1. The highest BCUT2D eigenvalue weighted by Gasteiger charge is 2.50. The van der Waals surface area contributed by atoms with Gasteiger partial charge in [0.15, 0.2) is 0 Å². The van der Waals surface area contributed by atoms with Gasteiger partial charge in [0, 0.05) is 0 Å². The number of hydrogen-bond donors (Lipinski definition) is 1. The molecule has 0 aliphatic carbocycles. The molecule has 1 aliphatic heterocycles. The third-order valence-corrected chi connectivity index (χ3v) is 4.11. The number of nitriles is 1. The van der Waals surface area contributed by atoms with E-state index in [1.54, 1.807) is 34.6 Å². The summed E-state index contributed by atoms with van der Waals surface area (Å²) in [5.41, 5.74) is -0.751. The van der Waals surface area contributed by atoms with Gasteiger partial charge in [-0.25, -0.2) is 4.79 Å². The predicted molar refractivity (Wildman–Crippen MR) is 95.1 cm³/mol. The first kappa shape index (κ1) is 20.2. The molecular formula is C19H27N3O4. The van der Waals surface area contributed by atoms with E-state index in [2.05, 4.69) is 6.07 Å². The topological polar surface area (TPSA) is 86.0 Å². The van der Waals surface area contributed by atoms with Crippen molar-refractivity contribution in [1.29, 1.82) is 5.26 Å².